The third kappa shape index (κ3) is 3.07. The van der Waals surface area contributed by atoms with Crippen molar-refractivity contribution in [2.75, 3.05) is 6.54 Å². The van der Waals surface area contributed by atoms with Crippen LogP contribution in [0, 0.1) is 6.92 Å². The molecule has 9 nitrogen and oxygen atoms in total. The van der Waals surface area contributed by atoms with Crippen LogP contribution in [-0.4, -0.2) is 49.4 Å². The number of fused-ring (bicyclic) bond motifs is 1. The second-order valence-corrected chi connectivity index (χ2v) is 8.78. The Labute approximate surface area is 186 Å². The van der Waals surface area contributed by atoms with Crippen molar-refractivity contribution in [3.63, 3.8) is 0 Å². The fourth-order valence-corrected chi connectivity index (χ4v) is 5.07. The number of hydrogen-bond donors (Lipinski definition) is 1. The zero-order valence-corrected chi connectivity index (χ0v) is 18.1. The van der Waals surface area contributed by atoms with Gasteiger partial charge >= 0.3 is 6.03 Å². The predicted octanol–water partition coefficient (Wildman–Crippen LogP) is 2.84. The number of thiophene rings is 1. The number of tetrazole rings is 1. The maximum absolute atomic E-state index is 13.3. The highest BCUT2D eigenvalue weighted by Gasteiger charge is 2.49. The summed E-state index contributed by atoms with van der Waals surface area (Å²) in [4.78, 5) is 40.6. The number of aromatic nitrogens is 4. The largest absolute Gasteiger partial charge is 0.325 e. The van der Waals surface area contributed by atoms with Gasteiger partial charge in [-0.15, -0.1) is 16.4 Å². The van der Waals surface area contributed by atoms with E-state index in [-0.39, 0.29) is 12.3 Å². The topological polar surface area (TPSA) is 110 Å². The molecule has 0 bridgehead atoms. The fourth-order valence-electron chi connectivity index (χ4n) is 3.93. The molecule has 3 amide bonds. The van der Waals surface area contributed by atoms with E-state index in [1.807, 2.05) is 31.2 Å². The fraction of sp³-hybridized carbons (Fsp3) is 0.182. The van der Waals surface area contributed by atoms with Gasteiger partial charge in [0.05, 0.1) is 17.1 Å². The lowest BCUT2D eigenvalue weighted by atomic mass is 9.91. The normalized spacial score (nSPS) is 18.4. The minimum absolute atomic E-state index is 0.265. The summed E-state index contributed by atoms with van der Waals surface area (Å²) in [6, 6.07) is 14.2. The number of amides is 3. The van der Waals surface area contributed by atoms with Gasteiger partial charge in [-0.05, 0) is 59.0 Å². The Hall–Kier alpha value is -3.92. The van der Waals surface area contributed by atoms with Crippen LogP contribution in [0.15, 0.2) is 54.9 Å². The quantitative estimate of drug-likeness (QED) is 0.373. The van der Waals surface area contributed by atoms with Crippen LogP contribution >= 0.6 is 11.3 Å². The molecule has 1 atom stereocenters. The maximum Gasteiger partial charge on any atom is 0.325 e. The lowest BCUT2D eigenvalue weighted by Crippen LogP contribution is -2.41. The van der Waals surface area contributed by atoms with Gasteiger partial charge in [0.2, 0.25) is 0 Å². The highest BCUT2D eigenvalue weighted by molar-refractivity contribution is 7.21. The first-order valence-corrected chi connectivity index (χ1v) is 10.7. The van der Waals surface area contributed by atoms with Crippen molar-refractivity contribution >= 4 is 39.1 Å². The second kappa shape index (κ2) is 7.34. The van der Waals surface area contributed by atoms with Crippen molar-refractivity contribution in [1.29, 1.82) is 0 Å². The molecular formula is C22H18N6O3S. The number of nitrogens with one attached hydrogen (secondary N) is 1. The minimum Gasteiger partial charge on any atom is -0.319 e. The molecule has 1 aliphatic heterocycles. The number of carbonyl (C=O) groups excluding carboxylic acids is 3. The van der Waals surface area contributed by atoms with Crippen LogP contribution in [0.1, 0.15) is 27.7 Å². The Morgan fingerprint density at radius 3 is 2.72 bits per heavy atom. The smallest absolute Gasteiger partial charge is 0.319 e. The second-order valence-electron chi connectivity index (χ2n) is 7.73. The SMILES string of the molecule is Cc1c(C(=O)CN2C(=O)N[C@](C)(c3cccc(-n4cnnn4)c3)C2=O)sc2ccccc12. The van der Waals surface area contributed by atoms with E-state index in [9.17, 15) is 14.4 Å². The molecule has 1 N–H and O–H groups in total. The molecule has 2 aromatic carbocycles. The number of carbonyl (C=O) groups is 3. The molecule has 4 aromatic rings. The van der Waals surface area contributed by atoms with Crippen molar-refractivity contribution in [3.8, 4) is 5.69 Å². The molecule has 0 aliphatic carbocycles. The van der Waals surface area contributed by atoms with E-state index >= 15 is 0 Å². The first kappa shape index (κ1) is 20.0. The standard InChI is InChI=1S/C22H18N6O3S/c1-13-16-8-3-4-9-18(16)32-19(13)17(29)11-27-20(30)22(2,24-21(27)31)14-6-5-7-15(10-14)28-12-23-25-26-28/h3-10,12H,11H2,1-2H3,(H,24,31)/t22-/m1/s1. The van der Waals surface area contributed by atoms with Gasteiger partial charge in [-0.2, -0.15) is 0 Å². The average molecular weight is 446 g/mol. The first-order valence-electron chi connectivity index (χ1n) is 9.88. The number of nitrogens with zero attached hydrogens (tertiary/aromatic N) is 5. The van der Waals surface area contributed by atoms with Crippen LogP contribution < -0.4 is 5.32 Å². The van der Waals surface area contributed by atoms with E-state index < -0.39 is 17.5 Å². The molecule has 0 unspecified atom stereocenters. The van der Waals surface area contributed by atoms with E-state index in [0.717, 1.165) is 20.5 Å². The third-order valence-electron chi connectivity index (χ3n) is 5.71. The van der Waals surface area contributed by atoms with Crippen molar-refractivity contribution in [2.24, 2.45) is 0 Å². The zero-order chi connectivity index (χ0) is 22.5. The molecule has 0 saturated carbocycles. The van der Waals surface area contributed by atoms with Crippen LogP contribution in [-0.2, 0) is 10.3 Å². The number of Topliss-reactive ketones (excluding diaryl/α,β-unsaturated/α-hetero) is 1. The molecule has 3 heterocycles. The zero-order valence-electron chi connectivity index (χ0n) is 17.3. The molecule has 0 radical (unpaired) electrons. The van der Waals surface area contributed by atoms with Gasteiger partial charge in [0.1, 0.15) is 11.9 Å². The average Bonchev–Trinajstić information content (AvgIpc) is 3.50. The van der Waals surface area contributed by atoms with Gasteiger partial charge in [-0.1, -0.05) is 30.3 Å². The van der Waals surface area contributed by atoms with Crippen molar-refractivity contribution in [2.45, 2.75) is 19.4 Å². The highest BCUT2D eigenvalue weighted by atomic mass is 32.1. The summed E-state index contributed by atoms with van der Waals surface area (Å²) < 4.78 is 2.45. The summed E-state index contributed by atoms with van der Waals surface area (Å²) >= 11 is 1.37. The van der Waals surface area contributed by atoms with Crippen LogP contribution in [0.3, 0.4) is 0 Å². The van der Waals surface area contributed by atoms with Crippen LogP contribution in [0.25, 0.3) is 15.8 Å². The Morgan fingerprint density at radius 2 is 1.97 bits per heavy atom. The molecule has 10 heteroatoms. The number of imide groups is 1. The van der Waals surface area contributed by atoms with Gasteiger partial charge in [0.25, 0.3) is 5.91 Å². The molecule has 32 heavy (non-hydrogen) atoms. The van der Waals surface area contributed by atoms with Gasteiger partial charge in [-0.25, -0.2) is 9.48 Å². The van der Waals surface area contributed by atoms with Crippen LogP contribution in [0.2, 0.25) is 0 Å². The van der Waals surface area contributed by atoms with Crippen molar-refractivity contribution in [3.05, 3.63) is 70.9 Å². The molecule has 160 valence electrons. The van der Waals surface area contributed by atoms with Gasteiger partial charge in [-0.3, -0.25) is 14.5 Å². The van der Waals surface area contributed by atoms with E-state index in [1.54, 1.807) is 31.2 Å². The molecule has 1 aliphatic rings. The Bertz CT molecular complexity index is 1380. The number of rotatable bonds is 5. The van der Waals surface area contributed by atoms with E-state index in [1.165, 1.54) is 22.3 Å². The lowest BCUT2D eigenvalue weighted by molar-refractivity contribution is -0.130. The predicted molar refractivity (Wildman–Crippen MR) is 118 cm³/mol. The monoisotopic (exact) mass is 446 g/mol. The minimum atomic E-state index is -1.31. The summed E-state index contributed by atoms with van der Waals surface area (Å²) in [7, 11) is 0. The Kier molecular flexibility index (Phi) is 4.59. The number of hydrogen-bond acceptors (Lipinski definition) is 7. The Morgan fingerprint density at radius 1 is 1.16 bits per heavy atom. The van der Waals surface area contributed by atoms with Gasteiger partial charge in [0.15, 0.2) is 5.78 Å². The Balaban J connectivity index is 1.43. The van der Waals surface area contributed by atoms with E-state index in [2.05, 4.69) is 20.8 Å². The summed E-state index contributed by atoms with van der Waals surface area (Å²) in [5.41, 5.74) is 0.763. The highest BCUT2D eigenvalue weighted by Crippen LogP contribution is 2.33. The first-order chi connectivity index (χ1) is 15.4. The van der Waals surface area contributed by atoms with Gasteiger partial charge in [0, 0.05) is 4.70 Å². The van der Waals surface area contributed by atoms with Crippen LogP contribution in [0.5, 0.6) is 0 Å². The van der Waals surface area contributed by atoms with E-state index in [0.29, 0.717) is 16.1 Å². The summed E-state index contributed by atoms with van der Waals surface area (Å²) in [5, 5.41) is 14.8. The van der Waals surface area contributed by atoms with Gasteiger partial charge < -0.3 is 5.32 Å². The maximum atomic E-state index is 13.3. The molecular weight excluding hydrogens is 428 g/mol. The summed E-state index contributed by atoms with van der Waals surface area (Å²) in [6.45, 7) is 3.19. The van der Waals surface area contributed by atoms with Crippen molar-refractivity contribution < 1.29 is 14.4 Å². The van der Waals surface area contributed by atoms with E-state index in [4.69, 9.17) is 0 Å². The lowest BCUT2D eigenvalue weighted by Gasteiger charge is -2.22. The third-order valence-corrected chi connectivity index (χ3v) is 7.02. The molecule has 1 fully saturated rings. The number of aryl methyl sites for hydroxylation is 1. The summed E-state index contributed by atoms with van der Waals surface area (Å²) in [6.07, 6.45) is 1.44. The molecule has 5 rings (SSSR count). The number of urea groups is 1. The molecule has 0 spiro atoms. The molecule has 1 saturated heterocycles. The van der Waals surface area contributed by atoms with Crippen LogP contribution in [0.4, 0.5) is 4.79 Å². The number of benzene rings is 2. The molecule has 2 aromatic heterocycles. The summed E-state index contributed by atoms with van der Waals surface area (Å²) in [5.74, 6) is -0.748. The number of ketones is 1. The van der Waals surface area contributed by atoms with Crippen molar-refractivity contribution in [1.82, 2.24) is 30.4 Å².